The number of benzene rings is 8. The molecule has 0 radical (unpaired) electrons. The average Bonchev–Trinajstić information content (AvgIpc) is 3.95. The molecule has 4 heterocycles. The van der Waals surface area contributed by atoms with Crippen LogP contribution in [-0.4, -0.2) is 24.1 Å². The van der Waals surface area contributed by atoms with E-state index in [1.165, 1.54) is 58.4 Å². The number of thiophene rings is 1. The predicted octanol–water partition coefficient (Wildman–Crippen LogP) is 13.4. The number of hydrogen-bond acceptors (Lipinski definition) is 4. The highest BCUT2D eigenvalue weighted by Crippen LogP contribution is 2.46. The van der Waals surface area contributed by atoms with Gasteiger partial charge in [0.15, 0.2) is 17.5 Å². The fourth-order valence-corrected chi connectivity index (χ4v) is 9.95. The molecule has 12 aromatic rings. The van der Waals surface area contributed by atoms with Crippen LogP contribution in [0, 0.1) is 0 Å². The van der Waals surface area contributed by atoms with Crippen LogP contribution >= 0.6 is 11.3 Å². The molecular weight excluding hydrogens is 715 g/mol. The van der Waals surface area contributed by atoms with E-state index in [1.54, 1.807) is 0 Å². The van der Waals surface area contributed by atoms with E-state index in [2.05, 4.69) is 161 Å². The van der Waals surface area contributed by atoms with Gasteiger partial charge in [-0.2, -0.15) is 0 Å². The molecule has 0 fully saturated rings. The van der Waals surface area contributed by atoms with Crippen molar-refractivity contribution in [3.8, 4) is 45.5 Å². The summed E-state index contributed by atoms with van der Waals surface area (Å²) in [5.74, 6) is 1.96. The Labute approximate surface area is 331 Å². The van der Waals surface area contributed by atoms with E-state index in [1.807, 2.05) is 47.7 Å². The number of fused-ring (bicyclic) bond motifs is 10. The predicted molar refractivity (Wildman–Crippen MR) is 238 cm³/mol. The number of hydrogen-bond donors (Lipinski definition) is 0. The third kappa shape index (κ3) is 4.84. The molecule has 5 nitrogen and oxygen atoms in total. The highest BCUT2D eigenvalue weighted by atomic mass is 32.1. The molecule has 0 saturated carbocycles. The summed E-state index contributed by atoms with van der Waals surface area (Å²) in [5.41, 5.74) is 9.93. The van der Waals surface area contributed by atoms with Crippen molar-refractivity contribution in [3.63, 3.8) is 0 Å². The van der Waals surface area contributed by atoms with E-state index in [4.69, 9.17) is 15.0 Å². The smallest absolute Gasteiger partial charge is 0.164 e. The number of rotatable bonds is 5. The summed E-state index contributed by atoms with van der Waals surface area (Å²) in [5, 5.41) is 7.24. The minimum Gasteiger partial charge on any atom is -0.307 e. The van der Waals surface area contributed by atoms with Crippen LogP contribution in [0.2, 0.25) is 0 Å². The molecule has 0 aliphatic carbocycles. The maximum Gasteiger partial charge on any atom is 0.164 e. The minimum atomic E-state index is 0.653. The molecule has 0 spiro atoms. The van der Waals surface area contributed by atoms with E-state index < -0.39 is 0 Å². The monoisotopic (exact) mass is 745 g/mol. The summed E-state index contributed by atoms with van der Waals surface area (Å²) in [6, 6.07) is 66.6. The van der Waals surface area contributed by atoms with Gasteiger partial charge in [-0.05, 0) is 36.4 Å². The highest BCUT2D eigenvalue weighted by Gasteiger charge is 2.24. The first-order valence-electron chi connectivity index (χ1n) is 19.1. The average molecular weight is 746 g/mol. The lowest BCUT2D eigenvalue weighted by atomic mass is 10.0. The normalized spacial score (nSPS) is 11.9. The maximum atomic E-state index is 5.16. The van der Waals surface area contributed by atoms with Gasteiger partial charge >= 0.3 is 0 Å². The summed E-state index contributed by atoms with van der Waals surface area (Å²) in [6.07, 6.45) is 0. The van der Waals surface area contributed by atoms with Crippen LogP contribution < -0.4 is 0 Å². The Balaban J connectivity index is 1.17. The molecule has 0 aliphatic rings. The van der Waals surface area contributed by atoms with Gasteiger partial charge in [-0.3, -0.25) is 0 Å². The summed E-state index contributed by atoms with van der Waals surface area (Å²) in [7, 11) is 0. The lowest BCUT2D eigenvalue weighted by molar-refractivity contribution is 1.08. The van der Waals surface area contributed by atoms with Gasteiger partial charge in [-0.15, -0.1) is 11.3 Å². The van der Waals surface area contributed by atoms with Crippen LogP contribution in [0.3, 0.4) is 0 Å². The topological polar surface area (TPSA) is 48.5 Å². The highest BCUT2D eigenvalue weighted by molar-refractivity contribution is 7.26. The molecule has 0 saturated heterocycles. The summed E-state index contributed by atoms with van der Waals surface area (Å²) in [4.78, 5) is 15.3. The lowest BCUT2D eigenvalue weighted by Gasteiger charge is -2.13. The van der Waals surface area contributed by atoms with Crippen molar-refractivity contribution in [1.82, 2.24) is 24.1 Å². The largest absolute Gasteiger partial charge is 0.307 e. The van der Waals surface area contributed by atoms with Gasteiger partial charge < -0.3 is 9.13 Å². The first-order valence-corrected chi connectivity index (χ1v) is 19.9. The zero-order chi connectivity index (χ0) is 37.5. The molecule has 8 aromatic carbocycles. The second-order valence-electron chi connectivity index (χ2n) is 14.4. The molecule has 0 atom stereocenters. The van der Waals surface area contributed by atoms with Gasteiger partial charge in [0.2, 0.25) is 0 Å². The molecule has 4 aromatic heterocycles. The quantitative estimate of drug-likeness (QED) is 0.176. The molecule has 0 bridgehead atoms. The first-order chi connectivity index (χ1) is 28.3. The SMILES string of the molecule is c1ccc(-c2nc(-c3ccccc3)nc(-c3cccc4sc5c(-n6c7ccccc7c7ccc8c9ccccc9n(-c9ccccc9)c8c76)cccc5c34)n2)cc1. The van der Waals surface area contributed by atoms with Crippen molar-refractivity contribution in [2.75, 3.05) is 0 Å². The fraction of sp³-hybridized carbons (Fsp3) is 0. The Bertz CT molecular complexity index is 3450. The van der Waals surface area contributed by atoms with E-state index >= 15 is 0 Å². The lowest BCUT2D eigenvalue weighted by Crippen LogP contribution is -2.00. The summed E-state index contributed by atoms with van der Waals surface area (Å²) in [6.45, 7) is 0. The Kier molecular flexibility index (Phi) is 7.03. The third-order valence-electron chi connectivity index (χ3n) is 11.2. The first kappa shape index (κ1) is 31.9. The fourth-order valence-electron chi connectivity index (χ4n) is 8.72. The van der Waals surface area contributed by atoms with Crippen LogP contribution in [0.5, 0.6) is 0 Å². The minimum absolute atomic E-state index is 0.653. The Morgan fingerprint density at radius 1 is 0.368 bits per heavy atom. The Morgan fingerprint density at radius 2 is 0.877 bits per heavy atom. The number of aromatic nitrogens is 5. The van der Waals surface area contributed by atoms with Gasteiger partial charge in [0, 0.05) is 59.4 Å². The standard InChI is InChI=1S/C51H31N5S/c1-4-16-32(17-5-1)49-52-50(33-18-6-2-7-19-33)54-51(53-49)40-25-15-29-44-45(40)39-24-14-28-43(48(39)57-44)56-42-27-13-11-23-36(42)38-31-30-37-35-22-10-12-26-41(35)55(46(37)47(38)56)34-20-8-3-9-21-34/h1-31H. The molecule has 6 heteroatoms. The molecule has 0 unspecified atom stereocenters. The van der Waals surface area contributed by atoms with Crippen LogP contribution in [0.15, 0.2) is 188 Å². The molecular formula is C51H31N5S. The maximum absolute atomic E-state index is 5.16. The molecule has 0 N–H and O–H groups in total. The molecule has 57 heavy (non-hydrogen) atoms. The van der Waals surface area contributed by atoms with Crippen molar-refractivity contribution in [3.05, 3.63) is 188 Å². The Morgan fingerprint density at radius 3 is 1.53 bits per heavy atom. The van der Waals surface area contributed by atoms with Crippen molar-refractivity contribution in [1.29, 1.82) is 0 Å². The van der Waals surface area contributed by atoms with E-state index in [9.17, 15) is 0 Å². The molecule has 0 aliphatic heterocycles. The molecule has 12 rings (SSSR count). The van der Waals surface area contributed by atoms with Gasteiger partial charge in [0.05, 0.1) is 32.5 Å². The van der Waals surface area contributed by atoms with E-state index in [0.717, 1.165) is 33.5 Å². The third-order valence-corrected chi connectivity index (χ3v) is 12.4. The van der Waals surface area contributed by atoms with Crippen LogP contribution in [0.25, 0.3) is 109 Å². The van der Waals surface area contributed by atoms with E-state index in [-0.39, 0.29) is 0 Å². The zero-order valence-electron chi connectivity index (χ0n) is 30.5. The van der Waals surface area contributed by atoms with Crippen molar-refractivity contribution in [2.45, 2.75) is 0 Å². The summed E-state index contributed by atoms with van der Waals surface area (Å²) < 4.78 is 7.35. The van der Waals surface area contributed by atoms with Crippen LogP contribution in [-0.2, 0) is 0 Å². The zero-order valence-corrected chi connectivity index (χ0v) is 31.4. The summed E-state index contributed by atoms with van der Waals surface area (Å²) >= 11 is 1.83. The van der Waals surface area contributed by atoms with Gasteiger partial charge in [0.1, 0.15) is 0 Å². The van der Waals surface area contributed by atoms with Crippen molar-refractivity contribution in [2.24, 2.45) is 0 Å². The second kappa shape index (κ2) is 12.6. The Hall–Kier alpha value is -7.41. The van der Waals surface area contributed by atoms with Gasteiger partial charge in [-0.1, -0.05) is 152 Å². The van der Waals surface area contributed by atoms with Gasteiger partial charge in [0.25, 0.3) is 0 Å². The van der Waals surface area contributed by atoms with Gasteiger partial charge in [-0.25, -0.2) is 15.0 Å². The van der Waals surface area contributed by atoms with E-state index in [0.29, 0.717) is 17.5 Å². The van der Waals surface area contributed by atoms with Crippen molar-refractivity contribution >= 4 is 75.1 Å². The second-order valence-corrected chi connectivity index (χ2v) is 15.4. The molecule has 0 amide bonds. The molecule has 266 valence electrons. The van der Waals surface area contributed by atoms with Crippen LogP contribution in [0.4, 0.5) is 0 Å². The number of nitrogens with zero attached hydrogens (tertiary/aromatic N) is 5. The number of para-hydroxylation sites is 3. The van der Waals surface area contributed by atoms with Crippen LogP contribution in [0.1, 0.15) is 0 Å². The van der Waals surface area contributed by atoms with Crippen molar-refractivity contribution < 1.29 is 0 Å².